The molecule has 174 valence electrons. The molecule has 0 aromatic heterocycles. The van der Waals surface area contributed by atoms with Gasteiger partial charge in [0.25, 0.3) is 5.91 Å². The summed E-state index contributed by atoms with van der Waals surface area (Å²) in [5.41, 5.74) is 3.04. The van der Waals surface area contributed by atoms with Crippen LogP contribution in [0, 0.1) is 25.2 Å². The molecule has 4 rings (SSSR count). The van der Waals surface area contributed by atoms with Crippen LogP contribution in [-0.4, -0.2) is 66.5 Å². The van der Waals surface area contributed by atoms with E-state index in [1.165, 1.54) is 0 Å². The van der Waals surface area contributed by atoms with Gasteiger partial charge in [-0.3, -0.25) is 9.59 Å². The van der Waals surface area contributed by atoms with Crippen LogP contribution in [0.4, 0.5) is 4.79 Å². The van der Waals surface area contributed by atoms with E-state index < -0.39 is 0 Å². The number of carbonyl (C=O) groups is 3. The maximum absolute atomic E-state index is 12.9. The lowest BCUT2D eigenvalue weighted by molar-refractivity contribution is -0.124. The molecule has 7 heteroatoms. The van der Waals surface area contributed by atoms with E-state index in [-0.39, 0.29) is 35.3 Å². The van der Waals surface area contributed by atoms with Gasteiger partial charge in [0.15, 0.2) is 0 Å². The summed E-state index contributed by atoms with van der Waals surface area (Å²) in [5, 5.41) is 3.22. The van der Waals surface area contributed by atoms with E-state index in [0.29, 0.717) is 32.8 Å². The molecule has 2 heterocycles. The van der Waals surface area contributed by atoms with Gasteiger partial charge in [-0.2, -0.15) is 0 Å². The summed E-state index contributed by atoms with van der Waals surface area (Å²) in [5.74, 6) is 0.305. The third-order valence-electron chi connectivity index (χ3n) is 7.39. The molecule has 7 nitrogen and oxygen atoms in total. The van der Waals surface area contributed by atoms with Crippen molar-refractivity contribution in [2.75, 3.05) is 32.8 Å². The Hall–Kier alpha value is -2.57. The summed E-state index contributed by atoms with van der Waals surface area (Å²) < 4.78 is 5.06. The van der Waals surface area contributed by atoms with Crippen LogP contribution in [-0.2, 0) is 9.53 Å². The lowest BCUT2D eigenvalue weighted by Crippen LogP contribution is -2.47. The van der Waals surface area contributed by atoms with Crippen molar-refractivity contribution in [3.05, 3.63) is 34.9 Å². The van der Waals surface area contributed by atoms with Gasteiger partial charge in [0.2, 0.25) is 5.91 Å². The Bertz CT molecular complexity index is 863. The number of rotatable bonds is 4. The van der Waals surface area contributed by atoms with E-state index in [0.717, 1.165) is 48.8 Å². The first-order valence-electron chi connectivity index (χ1n) is 11.9. The van der Waals surface area contributed by atoms with Crippen LogP contribution in [0.3, 0.4) is 0 Å². The number of ether oxygens (including phenoxy) is 1. The van der Waals surface area contributed by atoms with E-state index in [1.54, 1.807) is 11.8 Å². The van der Waals surface area contributed by atoms with Crippen LogP contribution in [0.1, 0.15) is 60.5 Å². The van der Waals surface area contributed by atoms with E-state index in [4.69, 9.17) is 4.74 Å². The quantitative estimate of drug-likeness (QED) is 0.778. The Balaban J connectivity index is 1.24. The van der Waals surface area contributed by atoms with Crippen LogP contribution >= 0.6 is 0 Å². The van der Waals surface area contributed by atoms with Crippen LogP contribution in [0.15, 0.2) is 18.2 Å². The average Bonchev–Trinajstić information content (AvgIpc) is 3.47. The minimum absolute atomic E-state index is 0.0593. The molecule has 32 heavy (non-hydrogen) atoms. The Morgan fingerprint density at radius 1 is 1.00 bits per heavy atom. The largest absolute Gasteiger partial charge is 0.450 e. The zero-order valence-corrected chi connectivity index (χ0v) is 19.5. The zero-order valence-electron chi connectivity index (χ0n) is 19.5. The van der Waals surface area contributed by atoms with Crippen molar-refractivity contribution in [2.24, 2.45) is 11.3 Å². The number of piperidine rings is 2. The zero-order chi connectivity index (χ0) is 22.9. The van der Waals surface area contributed by atoms with Crippen LogP contribution in [0.5, 0.6) is 0 Å². The SMILES string of the molecule is CCOC(=O)N1CCC(NC(=O)C2CC23CCN(C(=O)c2cc(C)cc(C)c2)CC3)CC1. The van der Waals surface area contributed by atoms with E-state index in [1.807, 2.05) is 30.9 Å². The highest BCUT2D eigenvalue weighted by Crippen LogP contribution is 2.59. The average molecular weight is 442 g/mol. The fraction of sp³-hybridized carbons (Fsp3) is 0.640. The van der Waals surface area contributed by atoms with Gasteiger partial charge in [-0.25, -0.2) is 4.79 Å². The van der Waals surface area contributed by atoms with Crippen molar-refractivity contribution < 1.29 is 19.1 Å². The number of nitrogens with zero attached hydrogens (tertiary/aromatic N) is 2. The Kier molecular flexibility index (Phi) is 6.45. The molecule has 3 fully saturated rings. The second kappa shape index (κ2) is 9.12. The maximum atomic E-state index is 12.9. The number of carbonyl (C=O) groups excluding carboxylic acids is 3. The van der Waals surface area contributed by atoms with Gasteiger partial charge in [-0.05, 0) is 70.4 Å². The van der Waals surface area contributed by atoms with Crippen molar-refractivity contribution in [3.63, 3.8) is 0 Å². The topological polar surface area (TPSA) is 79.0 Å². The first-order chi connectivity index (χ1) is 15.3. The predicted molar refractivity (Wildman–Crippen MR) is 121 cm³/mol. The molecule has 2 aliphatic heterocycles. The second-order valence-corrected chi connectivity index (χ2v) is 9.76. The molecule has 0 bridgehead atoms. The van der Waals surface area contributed by atoms with Crippen molar-refractivity contribution in [1.29, 1.82) is 0 Å². The minimum Gasteiger partial charge on any atom is -0.450 e. The van der Waals surface area contributed by atoms with E-state index in [9.17, 15) is 14.4 Å². The summed E-state index contributed by atoms with van der Waals surface area (Å²) in [6.07, 6.45) is 3.98. The summed E-state index contributed by atoms with van der Waals surface area (Å²) in [6.45, 7) is 8.89. The van der Waals surface area contributed by atoms with Gasteiger partial charge < -0.3 is 19.9 Å². The molecule has 1 unspecified atom stereocenters. The highest BCUT2D eigenvalue weighted by Gasteiger charge is 2.58. The van der Waals surface area contributed by atoms with Crippen LogP contribution in [0.25, 0.3) is 0 Å². The van der Waals surface area contributed by atoms with Crippen molar-refractivity contribution in [3.8, 4) is 0 Å². The normalized spacial score (nSPS) is 22.5. The summed E-state index contributed by atoms with van der Waals surface area (Å²) >= 11 is 0. The maximum Gasteiger partial charge on any atom is 0.409 e. The molecule has 1 aromatic rings. The van der Waals surface area contributed by atoms with Gasteiger partial charge in [0.05, 0.1) is 6.61 Å². The van der Waals surface area contributed by atoms with E-state index >= 15 is 0 Å². The fourth-order valence-corrected chi connectivity index (χ4v) is 5.43. The van der Waals surface area contributed by atoms with Gasteiger partial charge in [-0.15, -0.1) is 0 Å². The van der Waals surface area contributed by atoms with Crippen molar-refractivity contribution in [1.82, 2.24) is 15.1 Å². The first-order valence-corrected chi connectivity index (χ1v) is 11.9. The van der Waals surface area contributed by atoms with Crippen molar-refractivity contribution in [2.45, 2.75) is 58.9 Å². The van der Waals surface area contributed by atoms with Gasteiger partial charge in [-0.1, -0.05) is 17.2 Å². The molecule has 0 radical (unpaired) electrons. The number of likely N-dealkylation sites (tertiary alicyclic amines) is 2. The molecule has 1 saturated carbocycles. The Morgan fingerprint density at radius 3 is 2.22 bits per heavy atom. The summed E-state index contributed by atoms with van der Waals surface area (Å²) in [7, 11) is 0. The summed E-state index contributed by atoms with van der Waals surface area (Å²) in [4.78, 5) is 41.3. The molecule has 1 atom stereocenters. The fourth-order valence-electron chi connectivity index (χ4n) is 5.43. The standard InChI is InChI=1S/C25H35N3O4/c1-4-32-24(31)28-9-5-20(6-10-28)26-22(29)21-16-25(21)7-11-27(12-8-25)23(30)19-14-17(2)13-18(3)15-19/h13-15,20-21H,4-12,16H2,1-3H3,(H,26,29). The smallest absolute Gasteiger partial charge is 0.409 e. The minimum atomic E-state index is -0.263. The predicted octanol–water partition coefficient (Wildman–Crippen LogP) is 3.28. The van der Waals surface area contributed by atoms with E-state index in [2.05, 4.69) is 11.4 Å². The molecule has 1 aromatic carbocycles. The lowest BCUT2D eigenvalue weighted by Gasteiger charge is -2.34. The molecule has 1 aliphatic carbocycles. The van der Waals surface area contributed by atoms with Gasteiger partial charge in [0, 0.05) is 43.7 Å². The van der Waals surface area contributed by atoms with Gasteiger partial charge in [0.1, 0.15) is 0 Å². The third-order valence-corrected chi connectivity index (χ3v) is 7.39. The Labute approximate surface area is 190 Å². The summed E-state index contributed by atoms with van der Waals surface area (Å²) in [6, 6.07) is 6.12. The molecular weight excluding hydrogens is 406 g/mol. The molecule has 3 amide bonds. The lowest BCUT2D eigenvalue weighted by atomic mass is 9.90. The number of amides is 3. The highest BCUT2D eigenvalue weighted by atomic mass is 16.6. The second-order valence-electron chi connectivity index (χ2n) is 9.76. The van der Waals surface area contributed by atoms with Gasteiger partial charge >= 0.3 is 6.09 Å². The molecule has 3 aliphatic rings. The number of hydrogen-bond donors (Lipinski definition) is 1. The monoisotopic (exact) mass is 441 g/mol. The third kappa shape index (κ3) is 4.76. The number of aryl methyl sites for hydroxylation is 2. The number of hydrogen-bond acceptors (Lipinski definition) is 4. The Morgan fingerprint density at radius 2 is 1.62 bits per heavy atom. The van der Waals surface area contributed by atoms with Crippen LogP contribution in [0.2, 0.25) is 0 Å². The highest BCUT2D eigenvalue weighted by molar-refractivity contribution is 5.94. The first kappa shape index (κ1) is 22.6. The molecule has 1 spiro atoms. The van der Waals surface area contributed by atoms with Crippen molar-refractivity contribution >= 4 is 17.9 Å². The van der Waals surface area contributed by atoms with Crippen LogP contribution < -0.4 is 5.32 Å². The molecular formula is C25H35N3O4. The number of benzene rings is 1. The molecule has 2 saturated heterocycles. The molecule has 1 N–H and O–H groups in total. The number of nitrogens with one attached hydrogen (secondary N) is 1.